The number of hydrogen-bond donors (Lipinski definition) is 1. The average molecular weight is 399 g/mol. The van der Waals surface area contributed by atoms with Crippen molar-refractivity contribution in [2.75, 3.05) is 31.6 Å². The number of nitrogens with one attached hydrogen (secondary N) is 1. The van der Waals surface area contributed by atoms with E-state index in [0.717, 1.165) is 32.4 Å². The zero-order chi connectivity index (χ0) is 21.0. The van der Waals surface area contributed by atoms with Gasteiger partial charge in [0.2, 0.25) is 5.91 Å². The quantitative estimate of drug-likeness (QED) is 0.713. The van der Waals surface area contributed by atoms with Crippen LogP contribution >= 0.6 is 0 Å². The normalized spacial score (nSPS) is 17.5. The van der Waals surface area contributed by atoms with Gasteiger partial charge in [-0.25, -0.2) is 0 Å². The van der Waals surface area contributed by atoms with Crippen LogP contribution < -0.4 is 5.32 Å². The lowest BCUT2D eigenvalue weighted by Gasteiger charge is -2.29. The molecule has 1 aromatic rings. The zero-order valence-corrected chi connectivity index (χ0v) is 17.4. The first-order chi connectivity index (χ1) is 13.9. The lowest BCUT2D eigenvalue weighted by molar-refractivity contribution is -0.138. The molecule has 1 saturated heterocycles. The molecule has 7 nitrogen and oxygen atoms in total. The summed E-state index contributed by atoms with van der Waals surface area (Å²) in [4.78, 5) is 41.0. The predicted molar refractivity (Wildman–Crippen MR) is 111 cm³/mol. The average Bonchev–Trinajstić information content (AvgIpc) is 2.93. The number of nitrogens with zero attached hydrogens (tertiary/aromatic N) is 2. The number of likely N-dealkylation sites (tertiary alicyclic amines) is 1. The summed E-state index contributed by atoms with van der Waals surface area (Å²) in [5.41, 5.74) is 2.27. The number of imide groups is 1. The third kappa shape index (κ3) is 4.85. The Labute approximate surface area is 171 Å². The Morgan fingerprint density at radius 2 is 1.72 bits per heavy atom. The van der Waals surface area contributed by atoms with E-state index in [1.807, 2.05) is 18.7 Å². The van der Waals surface area contributed by atoms with E-state index >= 15 is 0 Å². The monoisotopic (exact) mass is 399 g/mol. The van der Waals surface area contributed by atoms with Gasteiger partial charge in [0.25, 0.3) is 11.8 Å². The summed E-state index contributed by atoms with van der Waals surface area (Å²) in [5.74, 6) is -0.685. The number of anilines is 1. The van der Waals surface area contributed by atoms with Crippen LogP contribution in [0, 0.1) is 0 Å². The van der Waals surface area contributed by atoms with Crippen LogP contribution in [0.3, 0.4) is 0 Å². The zero-order valence-electron chi connectivity index (χ0n) is 17.4. The van der Waals surface area contributed by atoms with E-state index in [9.17, 15) is 14.4 Å². The van der Waals surface area contributed by atoms with Gasteiger partial charge in [0.1, 0.15) is 5.70 Å². The van der Waals surface area contributed by atoms with Gasteiger partial charge in [-0.15, -0.1) is 0 Å². The van der Waals surface area contributed by atoms with Crippen LogP contribution in [-0.4, -0.2) is 59.9 Å². The minimum Gasteiger partial charge on any atom is -0.377 e. The van der Waals surface area contributed by atoms with Gasteiger partial charge in [-0.3, -0.25) is 19.3 Å². The van der Waals surface area contributed by atoms with Crippen molar-refractivity contribution in [3.8, 4) is 0 Å². The summed E-state index contributed by atoms with van der Waals surface area (Å²) in [6, 6.07) is 7.06. The fraction of sp³-hybridized carbons (Fsp3) is 0.500. The fourth-order valence-corrected chi connectivity index (χ4v) is 3.74. The van der Waals surface area contributed by atoms with Gasteiger partial charge in [-0.05, 0) is 50.8 Å². The minimum atomic E-state index is -0.282. The first kappa shape index (κ1) is 21.0. The molecule has 29 heavy (non-hydrogen) atoms. The molecule has 156 valence electrons. The van der Waals surface area contributed by atoms with Crippen LogP contribution in [-0.2, 0) is 19.1 Å². The van der Waals surface area contributed by atoms with Crippen molar-refractivity contribution in [2.45, 2.75) is 46.1 Å². The van der Waals surface area contributed by atoms with E-state index in [-0.39, 0.29) is 30.4 Å². The topological polar surface area (TPSA) is 79.0 Å². The lowest BCUT2D eigenvalue weighted by Crippen LogP contribution is -2.39. The van der Waals surface area contributed by atoms with Crippen molar-refractivity contribution in [2.24, 2.45) is 0 Å². The molecule has 2 aliphatic rings. The second kappa shape index (κ2) is 9.22. The molecule has 1 fully saturated rings. The maximum Gasteiger partial charge on any atom is 0.277 e. The highest BCUT2D eigenvalue weighted by atomic mass is 16.5. The van der Waals surface area contributed by atoms with E-state index in [1.54, 1.807) is 24.3 Å². The summed E-state index contributed by atoms with van der Waals surface area (Å²) in [5, 5.41) is 2.72. The summed E-state index contributed by atoms with van der Waals surface area (Å²) in [6.45, 7) is 7.40. The standard InChI is InChI=1S/C22H29N3O4/c1-15(2)29-14-13-25-21(27)19(17-7-9-18(10-8-17)23-16(3)26)20(22(25)28)24-11-5-4-6-12-24/h7-10,15H,4-6,11-14H2,1-3H3,(H,23,26). The highest BCUT2D eigenvalue weighted by Crippen LogP contribution is 2.33. The molecule has 3 amide bonds. The minimum absolute atomic E-state index is 0.0399. The predicted octanol–water partition coefficient (Wildman–Crippen LogP) is 2.64. The van der Waals surface area contributed by atoms with E-state index < -0.39 is 0 Å². The van der Waals surface area contributed by atoms with E-state index in [2.05, 4.69) is 5.32 Å². The third-order valence-corrected chi connectivity index (χ3v) is 5.08. The number of carbonyl (C=O) groups is 3. The number of ether oxygens (including phenoxy) is 1. The summed E-state index contributed by atoms with van der Waals surface area (Å²) in [6.07, 6.45) is 3.20. The van der Waals surface area contributed by atoms with Gasteiger partial charge in [0.05, 0.1) is 24.8 Å². The lowest BCUT2D eigenvalue weighted by atomic mass is 10.0. The molecule has 7 heteroatoms. The molecular formula is C22H29N3O4. The largest absolute Gasteiger partial charge is 0.377 e. The molecule has 0 unspecified atom stereocenters. The van der Waals surface area contributed by atoms with Crippen molar-refractivity contribution in [3.63, 3.8) is 0 Å². The molecular weight excluding hydrogens is 370 g/mol. The molecule has 0 radical (unpaired) electrons. The maximum atomic E-state index is 13.2. The number of amides is 3. The van der Waals surface area contributed by atoms with Gasteiger partial charge in [-0.1, -0.05) is 12.1 Å². The Morgan fingerprint density at radius 1 is 1.07 bits per heavy atom. The first-order valence-corrected chi connectivity index (χ1v) is 10.2. The second-order valence-corrected chi connectivity index (χ2v) is 7.71. The Morgan fingerprint density at radius 3 is 2.31 bits per heavy atom. The van der Waals surface area contributed by atoms with Gasteiger partial charge in [0.15, 0.2) is 0 Å². The number of hydrogen-bond acceptors (Lipinski definition) is 5. The van der Waals surface area contributed by atoms with Crippen LogP contribution in [0.25, 0.3) is 5.57 Å². The molecule has 1 aromatic carbocycles. The molecule has 0 aromatic heterocycles. The van der Waals surface area contributed by atoms with E-state index in [0.29, 0.717) is 29.1 Å². The Kier molecular flexibility index (Phi) is 6.69. The van der Waals surface area contributed by atoms with Crippen LogP contribution in [0.2, 0.25) is 0 Å². The highest BCUT2D eigenvalue weighted by molar-refractivity contribution is 6.35. The van der Waals surface area contributed by atoms with Crippen molar-refractivity contribution >= 4 is 29.0 Å². The molecule has 2 aliphatic heterocycles. The van der Waals surface area contributed by atoms with Crippen LogP contribution in [0.4, 0.5) is 5.69 Å². The SMILES string of the molecule is CC(=O)Nc1ccc(C2=C(N3CCCCC3)C(=O)N(CCOC(C)C)C2=O)cc1. The number of piperidine rings is 1. The molecule has 2 heterocycles. The van der Waals surface area contributed by atoms with Gasteiger partial charge in [0, 0.05) is 25.7 Å². The van der Waals surface area contributed by atoms with Crippen LogP contribution in [0.1, 0.15) is 45.6 Å². The number of rotatable bonds is 7. The van der Waals surface area contributed by atoms with Crippen LogP contribution in [0.5, 0.6) is 0 Å². The molecule has 0 saturated carbocycles. The van der Waals surface area contributed by atoms with Crippen molar-refractivity contribution in [1.29, 1.82) is 0 Å². The van der Waals surface area contributed by atoms with Gasteiger partial charge < -0.3 is 15.0 Å². The summed E-state index contributed by atoms with van der Waals surface area (Å²) >= 11 is 0. The summed E-state index contributed by atoms with van der Waals surface area (Å²) in [7, 11) is 0. The molecule has 1 N–H and O–H groups in total. The van der Waals surface area contributed by atoms with Gasteiger partial charge in [-0.2, -0.15) is 0 Å². The van der Waals surface area contributed by atoms with Gasteiger partial charge >= 0.3 is 0 Å². The number of carbonyl (C=O) groups excluding carboxylic acids is 3. The molecule has 0 aliphatic carbocycles. The van der Waals surface area contributed by atoms with E-state index in [4.69, 9.17) is 4.74 Å². The Bertz CT molecular complexity index is 808. The molecule has 0 atom stereocenters. The third-order valence-electron chi connectivity index (χ3n) is 5.08. The van der Waals surface area contributed by atoms with Crippen LogP contribution in [0.15, 0.2) is 30.0 Å². The second-order valence-electron chi connectivity index (χ2n) is 7.71. The Balaban J connectivity index is 1.91. The van der Waals surface area contributed by atoms with Crippen molar-refractivity contribution < 1.29 is 19.1 Å². The Hall–Kier alpha value is -2.67. The van der Waals surface area contributed by atoms with Crippen molar-refractivity contribution in [1.82, 2.24) is 9.80 Å². The maximum absolute atomic E-state index is 13.2. The first-order valence-electron chi connectivity index (χ1n) is 10.2. The molecule has 3 rings (SSSR count). The highest BCUT2D eigenvalue weighted by Gasteiger charge is 2.41. The fourth-order valence-electron chi connectivity index (χ4n) is 3.74. The molecule has 0 spiro atoms. The smallest absolute Gasteiger partial charge is 0.277 e. The molecule has 0 bridgehead atoms. The van der Waals surface area contributed by atoms with Crippen molar-refractivity contribution in [3.05, 3.63) is 35.5 Å². The summed E-state index contributed by atoms with van der Waals surface area (Å²) < 4.78 is 5.56. The van der Waals surface area contributed by atoms with E-state index in [1.165, 1.54) is 11.8 Å². The number of benzene rings is 1.